The zero-order valence-corrected chi connectivity index (χ0v) is 16.9. The minimum atomic E-state index is -0.401. The van der Waals surface area contributed by atoms with E-state index in [1.165, 1.54) is 11.1 Å². The molecule has 4 aromatic rings. The van der Waals surface area contributed by atoms with Gasteiger partial charge in [0, 0.05) is 29.2 Å². The van der Waals surface area contributed by atoms with Crippen molar-refractivity contribution in [2.24, 2.45) is 0 Å². The molecule has 3 nitrogen and oxygen atoms in total. The lowest BCUT2D eigenvalue weighted by atomic mass is 9.96. The Balaban J connectivity index is 1.67. The minimum Gasteiger partial charge on any atom is -0.360 e. The van der Waals surface area contributed by atoms with E-state index in [1.54, 1.807) is 0 Å². The number of nitrogens with one attached hydrogen (secondary N) is 2. The fraction of sp³-hybridized carbons (Fsp3) is 0.192. The molecule has 4 rings (SSSR count). The van der Waals surface area contributed by atoms with Crippen LogP contribution in [0.15, 0.2) is 79.0 Å². The number of ketones is 1. The highest BCUT2D eigenvalue weighted by molar-refractivity contribution is 6.11. The summed E-state index contributed by atoms with van der Waals surface area (Å²) >= 11 is 0. The van der Waals surface area contributed by atoms with E-state index in [2.05, 4.69) is 54.5 Å². The lowest BCUT2D eigenvalue weighted by Gasteiger charge is -2.18. The molecular weight excluding hydrogens is 356 g/mol. The van der Waals surface area contributed by atoms with Crippen LogP contribution in [0.4, 0.5) is 0 Å². The maximum absolute atomic E-state index is 13.6. The molecule has 0 aliphatic heterocycles. The van der Waals surface area contributed by atoms with Crippen molar-refractivity contribution in [2.75, 3.05) is 0 Å². The van der Waals surface area contributed by atoms with E-state index in [1.807, 2.05) is 48.7 Å². The number of hydrogen-bond acceptors (Lipinski definition) is 2. The average molecular weight is 383 g/mol. The van der Waals surface area contributed by atoms with Gasteiger partial charge in [-0.05, 0) is 30.0 Å². The number of H-pyrrole nitrogens is 1. The zero-order chi connectivity index (χ0) is 20.2. The summed E-state index contributed by atoms with van der Waals surface area (Å²) in [6, 6.07) is 24.1. The van der Waals surface area contributed by atoms with Gasteiger partial charge in [-0.1, -0.05) is 85.3 Å². The summed E-state index contributed by atoms with van der Waals surface area (Å²) < 4.78 is 0. The van der Waals surface area contributed by atoms with E-state index in [0.717, 1.165) is 34.0 Å². The number of aromatic nitrogens is 1. The van der Waals surface area contributed by atoms with E-state index >= 15 is 0 Å². The van der Waals surface area contributed by atoms with Gasteiger partial charge < -0.3 is 4.98 Å². The zero-order valence-electron chi connectivity index (χ0n) is 16.9. The summed E-state index contributed by atoms with van der Waals surface area (Å²) in [6.45, 7) is 4.84. The second-order valence-electron chi connectivity index (χ2n) is 7.47. The van der Waals surface area contributed by atoms with Crippen LogP contribution in [-0.2, 0) is 13.0 Å². The van der Waals surface area contributed by atoms with Gasteiger partial charge in [-0.3, -0.25) is 10.1 Å². The van der Waals surface area contributed by atoms with Crippen LogP contribution in [-0.4, -0.2) is 10.8 Å². The van der Waals surface area contributed by atoms with Gasteiger partial charge >= 0.3 is 0 Å². The second-order valence-corrected chi connectivity index (χ2v) is 7.47. The lowest BCUT2D eigenvalue weighted by molar-refractivity contribution is 0.0943. The lowest BCUT2D eigenvalue weighted by Crippen LogP contribution is -2.28. The standard InChI is InChI=1S/C26H26N2O/c1-3-20-10-7-11-22-23(17-28-24(20)22)26(29)25(21-8-5-4-6-9-21)27-16-19-14-12-18(2)13-15-19/h4-15,17,25,27-28H,3,16H2,1-2H3/t25-/m1/s1. The summed E-state index contributed by atoms with van der Waals surface area (Å²) in [5.41, 5.74) is 6.40. The summed E-state index contributed by atoms with van der Waals surface area (Å²) in [5, 5.41) is 4.48. The monoisotopic (exact) mass is 382 g/mol. The van der Waals surface area contributed by atoms with Crippen molar-refractivity contribution in [1.82, 2.24) is 10.3 Å². The molecule has 3 aromatic carbocycles. The predicted molar refractivity (Wildman–Crippen MR) is 119 cm³/mol. The maximum Gasteiger partial charge on any atom is 0.186 e. The summed E-state index contributed by atoms with van der Waals surface area (Å²) in [4.78, 5) is 16.9. The van der Waals surface area contributed by atoms with Gasteiger partial charge in [0.2, 0.25) is 0 Å². The van der Waals surface area contributed by atoms with E-state index in [9.17, 15) is 4.79 Å². The van der Waals surface area contributed by atoms with Crippen LogP contribution in [0.2, 0.25) is 0 Å². The van der Waals surface area contributed by atoms with Gasteiger partial charge in [0.05, 0.1) is 6.04 Å². The number of carbonyl (C=O) groups excluding carboxylic acids is 1. The fourth-order valence-electron chi connectivity index (χ4n) is 3.80. The van der Waals surface area contributed by atoms with Gasteiger partial charge in [-0.2, -0.15) is 0 Å². The third-order valence-corrected chi connectivity index (χ3v) is 5.47. The number of para-hydroxylation sites is 1. The van der Waals surface area contributed by atoms with Gasteiger partial charge in [0.15, 0.2) is 5.78 Å². The van der Waals surface area contributed by atoms with Gasteiger partial charge in [0.25, 0.3) is 0 Å². The fourth-order valence-corrected chi connectivity index (χ4v) is 3.80. The highest BCUT2D eigenvalue weighted by atomic mass is 16.1. The van der Waals surface area contributed by atoms with Crippen LogP contribution in [0.5, 0.6) is 0 Å². The third-order valence-electron chi connectivity index (χ3n) is 5.47. The molecule has 0 unspecified atom stereocenters. The first-order valence-electron chi connectivity index (χ1n) is 10.1. The number of hydrogen-bond donors (Lipinski definition) is 2. The van der Waals surface area contributed by atoms with Crippen molar-refractivity contribution in [1.29, 1.82) is 0 Å². The molecule has 0 aliphatic rings. The van der Waals surface area contributed by atoms with Crippen molar-refractivity contribution in [3.8, 4) is 0 Å². The van der Waals surface area contributed by atoms with Crippen LogP contribution in [0.1, 0.15) is 45.6 Å². The molecule has 0 bridgehead atoms. The Bertz CT molecular complexity index is 1110. The molecule has 3 heteroatoms. The molecule has 0 spiro atoms. The Morgan fingerprint density at radius 2 is 1.72 bits per heavy atom. The van der Waals surface area contributed by atoms with E-state index in [-0.39, 0.29) is 5.78 Å². The van der Waals surface area contributed by atoms with Crippen molar-refractivity contribution in [3.05, 3.63) is 107 Å². The van der Waals surface area contributed by atoms with Crippen LogP contribution in [0, 0.1) is 6.92 Å². The molecular formula is C26H26N2O. The molecule has 2 N–H and O–H groups in total. The molecule has 0 saturated heterocycles. The second kappa shape index (κ2) is 8.46. The highest BCUT2D eigenvalue weighted by Gasteiger charge is 2.24. The Hall–Kier alpha value is -3.17. The summed E-state index contributed by atoms with van der Waals surface area (Å²) in [5.74, 6) is 0.0859. The Morgan fingerprint density at radius 1 is 0.966 bits per heavy atom. The molecule has 0 radical (unpaired) electrons. The quantitative estimate of drug-likeness (QED) is 0.400. The first-order valence-corrected chi connectivity index (χ1v) is 10.1. The Kier molecular flexibility index (Phi) is 5.59. The molecule has 1 atom stereocenters. The molecule has 1 aromatic heterocycles. The topological polar surface area (TPSA) is 44.9 Å². The number of aromatic amines is 1. The first kappa shape index (κ1) is 19.2. The van der Waals surface area contributed by atoms with E-state index < -0.39 is 6.04 Å². The number of fused-ring (bicyclic) bond motifs is 1. The predicted octanol–water partition coefficient (Wildman–Crippen LogP) is 5.75. The summed E-state index contributed by atoms with van der Waals surface area (Å²) in [6.07, 6.45) is 2.79. The van der Waals surface area contributed by atoms with Crippen LogP contribution in [0.25, 0.3) is 10.9 Å². The highest BCUT2D eigenvalue weighted by Crippen LogP contribution is 2.27. The van der Waals surface area contributed by atoms with E-state index in [0.29, 0.717) is 6.54 Å². The van der Waals surface area contributed by atoms with Gasteiger partial charge in [-0.25, -0.2) is 0 Å². The third kappa shape index (κ3) is 4.01. The SMILES string of the molecule is CCc1cccc2c(C(=O)[C@H](NCc3ccc(C)cc3)c3ccccc3)c[nH]c12. The Labute approximate surface area is 171 Å². The van der Waals surface area contributed by atoms with E-state index in [4.69, 9.17) is 0 Å². The molecule has 146 valence electrons. The normalized spacial score (nSPS) is 12.2. The van der Waals surface area contributed by atoms with Crippen molar-refractivity contribution in [2.45, 2.75) is 32.9 Å². The van der Waals surface area contributed by atoms with Crippen molar-refractivity contribution < 1.29 is 4.79 Å². The molecule has 0 saturated carbocycles. The molecule has 0 aliphatic carbocycles. The molecule has 29 heavy (non-hydrogen) atoms. The van der Waals surface area contributed by atoms with Crippen LogP contribution < -0.4 is 5.32 Å². The van der Waals surface area contributed by atoms with Crippen LogP contribution >= 0.6 is 0 Å². The first-order chi connectivity index (χ1) is 14.2. The minimum absolute atomic E-state index is 0.0859. The largest absolute Gasteiger partial charge is 0.360 e. The summed E-state index contributed by atoms with van der Waals surface area (Å²) in [7, 11) is 0. The number of Topliss-reactive ketones (excluding diaryl/α,β-unsaturated/α-hetero) is 1. The van der Waals surface area contributed by atoms with Crippen molar-refractivity contribution in [3.63, 3.8) is 0 Å². The smallest absolute Gasteiger partial charge is 0.186 e. The van der Waals surface area contributed by atoms with Crippen LogP contribution in [0.3, 0.4) is 0 Å². The molecule has 0 amide bonds. The number of aryl methyl sites for hydroxylation is 2. The molecule has 0 fully saturated rings. The van der Waals surface area contributed by atoms with Gasteiger partial charge in [-0.15, -0.1) is 0 Å². The Morgan fingerprint density at radius 3 is 2.45 bits per heavy atom. The van der Waals surface area contributed by atoms with Gasteiger partial charge in [0.1, 0.15) is 0 Å². The maximum atomic E-state index is 13.6. The number of benzene rings is 3. The molecule has 1 heterocycles. The average Bonchev–Trinajstić information content (AvgIpc) is 3.20. The van der Waals surface area contributed by atoms with Crippen molar-refractivity contribution >= 4 is 16.7 Å². The number of rotatable bonds is 7. The number of carbonyl (C=O) groups is 1.